The lowest BCUT2D eigenvalue weighted by molar-refractivity contribution is -0.134. The van der Waals surface area contributed by atoms with Crippen molar-refractivity contribution in [1.82, 2.24) is 14.7 Å². The van der Waals surface area contributed by atoms with Crippen molar-refractivity contribution in [1.29, 1.82) is 0 Å². The van der Waals surface area contributed by atoms with Gasteiger partial charge in [-0.1, -0.05) is 48.6 Å². The Balaban J connectivity index is 1.70. The van der Waals surface area contributed by atoms with E-state index < -0.39 is 0 Å². The van der Waals surface area contributed by atoms with E-state index >= 15 is 0 Å². The molecule has 1 aliphatic rings. The number of benzene rings is 1. The summed E-state index contributed by atoms with van der Waals surface area (Å²) in [6.07, 6.45) is 6.37. The van der Waals surface area contributed by atoms with Crippen molar-refractivity contribution in [2.24, 2.45) is 0 Å². The molecule has 0 aliphatic carbocycles. The molecule has 0 atom stereocenters. The van der Waals surface area contributed by atoms with Gasteiger partial charge in [0.05, 0.1) is 0 Å². The van der Waals surface area contributed by atoms with E-state index in [9.17, 15) is 9.59 Å². The predicted molar refractivity (Wildman–Crippen MR) is 106 cm³/mol. The fourth-order valence-electron chi connectivity index (χ4n) is 3.00. The number of hydrogen-bond donors (Lipinski definition) is 0. The molecule has 5 heteroatoms. The largest absolute Gasteiger partial charge is 0.340 e. The van der Waals surface area contributed by atoms with Crippen LogP contribution in [0.5, 0.6) is 0 Å². The van der Waals surface area contributed by atoms with Crippen molar-refractivity contribution < 1.29 is 9.59 Å². The lowest BCUT2D eigenvalue weighted by atomic mass is 10.2. The van der Waals surface area contributed by atoms with Crippen LogP contribution in [0.15, 0.2) is 49.1 Å². The lowest BCUT2D eigenvalue weighted by Gasteiger charge is -2.34. The Labute approximate surface area is 156 Å². The van der Waals surface area contributed by atoms with E-state index in [0.717, 1.165) is 32.7 Å². The van der Waals surface area contributed by atoms with Crippen molar-refractivity contribution in [2.45, 2.75) is 13.3 Å². The molecule has 1 aromatic rings. The summed E-state index contributed by atoms with van der Waals surface area (Å²) >= 11 is 0. The Morgan fingerprint density at radius 3 is 2.46 bits per heavy atom. The van der Waals surface area contributed by atoms with E-state index in [1.165, 1.54) is 12.5 Å². The molecule has 2 amide bonds. The first-order valence-corrected chi connectivity index (χ1v) is 9.18. The summed E-state index contributed by atoms with van der Waals surface area (Å²) in [6, 6.07) is 10.3. The number of amides is 2. The summed E-state index contributed by atoms with van der Waals surface area (Å²) in [7, 11) is 0. The van der Waals surface area contributed by atoms with Gasteiger partial charge in [-0.25, -0.2) is 0 Å². The molecule has 1 heterocycles. The summed E-state index contributed by atoms with van der Waals surface area (Å²) in [5, 5.41) is 0. The van der Waals surface area contributed by atoms with Crippen molar-refractivity contribution >= 4 is 17.9 Å². The third kappa shape index (κ3) is 6.48. The summed E-state index contributed by atoms with van der Waals surface area (Å²) in [5.74, 6) is 0.104. The first kappa shape index (κ1) is 19.9. The molecule has 1 aliphatic heterocycles. The van der Waals surface area contributed by atoms with Crippen LogP contribution in [0.1, 0.15) is 18.9 Å². The van der Waals surface area contributed by atoms with Gasteiger partial charge in [0.2, 0.25) is 11.8 Å². The van der Waals surface area contributed by atoms with Crippen molar-refractivity contribution in [3.63, 3.8) is 0 Å². The second-order valence-electron chi connectivity index (χ2n) is 6.50. The minimum absolute atomic E-state index is 0.0206. The maximum absolute atomic E-state index is 12.4. The van der Waals surface area contributed by atoms with E-state index in [2.05, 4.69) is 35.8 Å². The minimum atomic E-state index is -0.0206. The average molecular weight is 355 g/mol. The quantitative estimate of drug-likeness (QED) is 0.672. The van der Waals surface area contributed by atoms with Crippen LogP contribution >= 0.6 is 0 Å². The SMILES string of the molecule is C=CCN(CCC(=O)N1CCN(C/C=C/c2ccccc2)CC1)C(C)=O. The van der Waals surface area contributed by atoms with Gasteiger partial charge in [0.15, 0.2) is 0 Å². The zero-order chi connectivity index (χ0) is 18.8. The summed E-state index contributed by atoms with van der Waals surface area (Å²) in [6.45, 7) is 10.3. The molecular weight excluding hydrogens is 326 g/mol. The molecule has 0 bridgehead atoms. The van der Waals surface area contributed by atoms with Crippen LogP contribution in [0.4, 0.5) is 0 Å². The zero-order valence-electron chi connectivity index (χ0n) is 15.6. The van der Waals surface area contributed by atoms with E-state index in [4.69, 9.17) is 0 Å². The van der Waals surface area contributed by atoms with Crippen molar-refractivity contribution in [3.05, 3.63) is 54.6 Å². The fourth-order valence-corrected chi connectivity index (χ4v) is 3.00. The van der Waals surface area contributed by atoms with E-state index in [1.807, 2.05) is 23.1 Å². The third-order valence-electron chi connectivity index (χ3n) is 4.59. The predicted octanol–water partition coefficient (Wildman–Crippen LogP) is 2.27. The standard InChI is InChI=1S/C21H29N3O2/c1-3-12-23(19(2)25)14-11-21(26)24-17-15-22(16-18-24)13-7-10-20-8-5-4-6-9-20/h3-10H,1,11-18H2,2H3/b10-7+. The van der Waals surface area contributed by atoms with Crippen LogP contribution in [0.2, 0.25) is 0 Å². The number of carbonyl (C=O) groups excluding carboxylic acids is 2. The topological polar surface area (TPSA) is 43.9 Å². The van der Waals surface area contributed by atoms with E-state index in [1.54, 1.807) is 11.0 Å². The molecule has 5 nitrogen and oxygen atoms in total. The van der Waals surface area contributed by atoms with Crippen LogP contribution < -0.4 is 0 Å². The molecular formula is C21H29N3O2. The van der Waals surface area contributed by atoms with Gasteiger partial charge in [0.1, 0.15) is 0 Å². The van der Waals surface area contributed by atoms with Gasteiger partial charge in [-0.3, -0.25) is 14.5 Å². The van der Waals surface area contributed by atoms with Crippen LogP contribution in [-0.4, -0.2) is 72.3 Å². The fraction of sp³-hybridized carbons (Fsp3) is 0.429. The molecule has 1 saturated heterocycles. The van der Waals surface area contributed by atoms with Gasteiger partial charge >= 0.3 is 0 Å². The molecule has 0 radical (unpaired) electrons. The van der Waals surface area contributed by atoms with E-state index in [0.29, 0.717) is 19.5 Å². The number of hydrogen-bond acceptors (Lipinski definition) is 3. The van der Waals surface area contributed by atoms with E-state index in [-0.39, 0.29) is 11.8 Å². The van der Waals surface area contributed by atoms with Crippen molar-refractivity contribution in [3.8, 4) is 0 Å². The van der Waals surface area contributed by atoms with Gasteiger partial charge in [-0.05, 0) is 5.56 Å². The Bertz CT molecular complexity index is 619. The highest BCUT2D eigenvalue weighted by Gasteiger charge is 2.21. The highest BCUT2D eigenvalue weighted by atomic mass is 16.2. The molecule has 1 fully saturated rings. The summed E-state index contributed by atoms with van der Waals surface area (Å²) < 4.78 is 0. The second kappa shape index (κ2) is 10.6. The van der Waals surface area contributed by atoms with Crippen molar-refractivity contribution in [2.75, 3.05) is 45.8 Å². The number of piperazine rings is 1. The van der Waals surface area contributed by atoms with Gasteiger partial charge < -0.3 is 9.80 Å². The number of nitrogens with zero attached hydrogens (tertiary/aromatic N) is 3. The first-order valence-electron chi connectivity index (χ1n) is 9.18. The van der Waals surface area contributed by atoms with Gasteiger partial charge in [-0.15, -0.1) is 6.58 Å². The minimum Gasteiger partial charge on any atom is -0.340 e. The molecule has 2 rings (SSSR count). The number of carbonyl (C=O) groups is 2. The smallest absolute Gasteiger partial charge is 0.224 e. The lowest BCUT2D eigenvalue weighted by Crippen LogP contribution is -2.49. The number of rotatable bonds is 8. The molecule has 0 aromatic heterocycles. The highest BCUT2D eigenvalue weighted by molar-refractivity contribution is 5.78. The monoisotopic (exact) mass is 355 g/mol. The Hall–Kier alpha value is -2.40. The van der Waals surface area contributed by atoms with Gasteiger partial charge in [0, 0.05) is 59.2 Å². The molecule has 0 spiro atoms. The Kier molecular flexibility index (Phi) is 8.09. The molecule has 0 unspecified atom stereocenters. The molecule has 26 heavy (non-hydrogen) atoms. The summed E-state index contributed by atoms with van der Waals surface area (Å²) in [5.41, 5.74) is 1.20. The van der Waals surface area contributed by atoms with Crippen LogP contribution in [-0.2, 0) is 9.59 Å². The first-order chi connectivity index (χ1) is 12.6. The van der Waals surface area contributed by atoms with Crippen LogP contribution in [0, 0.1) is 0 Å². The maximum Gasteiger partial charge on any atom is 0.224 e. The van der Waals surface area contributed by atoms with Crippen LogP contribution in [0.25, 0.3) is 6.08 Å². The Morgan fingerprint density at radius 2 is 1.85 bits per heavy atom. The molecule has 0 saturated carbocycles. The average Bonchev–Trinajstić information content (AvgIpc) is 2.66. The Morgan fingerprint density at radius 1 is 1.15 bits per heavy atom. The van der Waals surface area contributed by atoms with Gasteiger partial charge in [0.25, 0.3) is 0 Å². The molecule has 140 valence electrons. The third-order valence-corrected chi connectivity index (χ3v) is 4.59. The van der Waals surface area contributed by atoms with Gasteiger partial charge in [-0.2, -0.15) is 0 Å². The highest BCUT2D eigenvalue weighted by Crippen LogP contribution is 2.06. The zero-order valence-corrected chi connectivity index (χ0v) is 15.6. The second-order valence-corrected chi connectivity index (χ2v) is 6.50. The molecule has 0 N–H and O–H groups in total. The normalized spacial score (nSPS) is 15.2. The summed E-state index contributed by atoms with van der Waals surface area (Å²) in [4.78, 5) is 29.8. The molecule has 1 aromatic carbocycles. The maximum atomic E-state index is 12.4. The van der Waals surface area contributed by atoms with Crippen LogP contribution in [0.3, 0.4) is 0 Å².